The molecule has 2 rings (SSSR count). The van der Waals surface area contributed by atoms with Crippen LogP contribution in [0.1, 0.15) is 38.4 Å². The number of nitrogens with zero attached hydrogens (tertiary/aromatic N) is 1. The van der Waals surface area contributed by atoms with Gasteiger partial charge in [-0.2, -0.15) is 0 Å². The summed E-state index contributed by atoms with van der Waals surface area (Å²) in [7, 11) is 0. The lowest BCUT2D eigenvalue weighted by atomic mass is 10.1. The smallest absolute Gasteiger partial charge is 0.351 e. The number of nitrogens with one attached hydrogen (secondary N) is 1. The van der Waals surface area contributed by atoms with Crippen LogP contribution in [0.5, 0.6) is 0 Å². The second kappa shape index (κ2) is 7.37. The molecule has 0 bridgehead atoms. The van der Waals surface area contributed by atoms with E-state index >= 15 is 0 Å². The zero-order valence-electron chi connectivity index (χ0n) is 13.7. The normalized spacial score (nSPS) is 11.8. The van der Waals surface area contributed by atoms with Crippen molar-refractivity contribution in [2.24, 2.45) is 0 Å². The molecule has 6 heteroatoms. The summed E-state index contributed by atoms with van der Waals surface area (Å²) in [6, 6.07) is 7.88. The number of aryl methyl sites for hydroxylation is 3. The first-order chi connectivity index (χ1) is 10.9. The van der Waals surface area contributed by atoms with Crippen LogP contribution in [0, 0.1) is 20.8 Å². The highest BCUT2D eigenvalue weighted by molar-refractivity contribution is 7.13. The molecule has 1 atom stereocenters. The van der Waals surface area contributed by atoms with Crippen LogP contribution in [-0.2, 0) is 16.1 Å². The molecule has 0 aliphatic heterocycles. The summed E-state index contributed by atoms with van der Waals surface area (Å²) >= 11 is 1.27. The zero-order valence-corrected chi connectivity index (χ0v) is 14.5. The minimum Gasteiger partial charge on any atom is -0.448 e. The van der Waals surface area contributed by atoms with Gasteiger partial charge in [-0.25, -0.2) is 9.78 Å². The maximum atomic E-state index is 12.1. The molecular weight excluding hydrogens is 312 g/mol. The number of benzene rings is 1. The fourth-order valence-electron chi connectivity index (χ4n) is 2.03. The first kappa shape index (κ1) is 17.1. The Bertz CT molecular complexity index is 707. The van der Waals surface area contributed by atoms with Gasteiger partial charge in [0.25, 0.3) is 5.91 Å². The molecule has 0 unspecified atom stereocenters. The van der Waals surface area contributed by atoms with Gasteiger partial charge in [0.15, 0.2) is 6.10 Å². The fraction of sp³-hybridized carbons (Fsp3) is 0.353. The Morgan fingerprint density at radius 3 is 2.43 bits per heavy atom. The summed E-state index contributed by atoms with van der Waals surface area (Å²) in [6.45, 7) is 7.55. The number of esters is 1. The quantitative estimate of drug-likeness (QED) is 0.855. The number of amides is 1. The Kier molecular flexibility index (Phi) is 5.50. The summed E-state index contributed by atoms with van der Waals surface area (Å²) in [5.41, 5.74) is 2.79. The van der Waals surface area contributed by atoms with Crippen LogP contribution < -0.4 is 5.32 Å². The van der Waals surface area contributed by atoms with Crippen LogP contribution in [0.15, 0.2) is 24.3 Å². The van der Waals surface area contributed by atoms with Crippen molar-refractivity contribution in [3.8, 4) is 0 Å². The number of ether oxygens (including phenoxy) is 1. The van der Waals surface area contributed by atoms with Crippen molar-refractivity contribution in [3.63, 3.8) is 0 Å². The van der Waals surface area contributed by atoms with E-state index in [1.165, 1.54) is 11.3 Å². The van der Waals surface area contributed by atoms with Crippen molar-refractivity contribution in [2.45, 2.75) is 40.3 Å². The van der Waals surface area contributed by atoms with Crippen LogP contribution >= 0.6 is 11.3 Å². The van der Waals surface area contributed by atoms with E-state index in [4.69, 9.17) is 4.74 Å². The molecule has 1 heterocycles. The number of thiazole rings is 1. The topological polar surface area (TPSA) is 68.3 Å². The summed E-state index contributed by atoms with van der Waals surface area (Å²) in [5, 5.41) is 3.56. The number of aromatic nitrogens is 1. The maximum Gasteiger partial charge on any atom is 0.351 e. The molecule has 0 aliphatic rings. The SMILES string of the molecule is Cc1ccc(CNC(=O)[C@@H](C)OC(=O)c2sc(C)nc2C)cc1. The number of rotatable bonds is 5. The van der Waals surface area contributed by atoms with E-state index in [2.05, 4.69) is 10.3 Å². The van der Waals surface area contributed by atoms with Crippen molar-refractivity contribution in [3.05, 3.63) is 51.0 Å². The third kappa shape index (κ3) is 4.63. The maximum absolute atomic E-state index is 12.1. The first-order valence-corrected chi connectivity index (χ1v) is 8.16. The summed E-state index contributed by atoms with van der Waals surface area (Å²) < 4.78 is 5.22. The minimum atomic E-state index is -0.852. The van der Waals surface area contributed by atoms with Crippen molar-refractivity contribution < 1.29 is 14.3 Å². The van der Waals surface area contributed by atoms with Crippen molar-refractivity contribution in [1.82, 2.24) is 10.3 Å². The third-order valence-electron chi connectivity index (χ3n) is 3.33. The molecule has 0 fully saturated rings. The second-order valence-electron chi connectivity index (χ2n) is 5.40. The number of carbonyl (C=O) groups is 2. The molecule has 1 amide bonds. The van der Waals surface area contributed by atoms with Gasteiger partial charge in [-0.05, 0) is 33.3 Å². The van der Waals surface area contributed by atoms with E-state index in [-0.39, 0.29) is 5.91 Å². The van der Waals surface area contributed by atoms with E-state index in [1.807, 2.05) is 38.1 Å². The van der Waals surface area contributed by atoms with Crippen LogP contribution in [0.4, 0.5) is 0 Å². The Morgan fingerprint density at radius 2 is 1.87 bits per heavy atom. The highest BCUT2D eigenvalue weighted by Crippen LogP contribution is 2.18. The zero-order chi connectivity index (χ0) is 17.0. The van der Waals surface area contributed by atoms with E-state index in [0.29, 0.717) is 17.1 Å². The second-order valence-corrected chi connectivity index (χ2v) is 6.60. The van der Waals surface area contributed by atoms with Gasteiger partial charge < -0.3 is 10.1 Å². The molecular formula is C17H20N2O3S. The molecule has 0 aliphatic carbocycles. The Hall–Kier alpha value is -2.21. The van der Waals surface area contributed by atoms with Gasteiger partial charge in [0.05, 0.1) is 10.7 Å². The predicted octanol–water partition coefficient (Wildman–Crippen LogP) is 2.93. The van der Waals surface area contributed by atoms with Gasteiger partial charge in [0.1, 0.15) is 4.88 Å². The molecule has 2 aromatic rings. The third-order valence-corrected chi connectivity index (χ3v) is 4.38. The van der Waals surface area contributed by atoms with Crippen molar-refractivity contribution in [1.29, 1.82) is 0 Å². The van der Waals surface area contributed by atoms with Crippen LogP contribution in [-0.4, -0.2) is 23.0 Å². The fourth-order valence-corrected chi connectivity index (χ4v) is 2.83. The van der Waals surface area contributed by atoms with Crippen molar-refractivity contribution >= 4 is 23.2 Å². The highest BCUT2D eigenvalue weighted by atomic mass is 32.1. The lowest BCUT2D eigenvalue weighted by molar-refractivity contribution is -0.129. The van der Waals surface area contributed by atoms with E-state index in [1.54, 1.807) is 13.8 Å². The molecule has 1 aromatic carbocycles. The Labute approximate surface area is 139 Å². The largest absolute Gasteiger partial charge is 0.448 e. The van der Waals surface area contributed by atoms with E-state index in [0.717, 1.165) is 16.1 Å². The number of carbonyl (C=O) groups excluding carboxylic acids is 2. The highest BCUT2D eigenvalue weighted by Gasteiger charge is 2.21. The summed E-state index contributed by atoms with van der Waals surface area (Å²) in [6.07, 6.45) is -0.852. The van der Waals surface area contributed by atoms with Gasteiger partial charge in [-0.3, -0.25) is 4.79 Å². The Balaban J connectivity index is 1.88. The minimum absolute atomic E-state index is 0.321. The van der Waals surface area contributed by atoms with E-state index < -0.39 is 12.1 Å². The van der Waals surface area contributed by atoms with Gasteiger partial charge in [0.2, 0.25) is 0 Å². The first-order valence-electron chi connectivity index (χ1n) is 7.35. The molecule has 1 N–H and O–H groups in total. The van der Waals surface area contributed by atoms with E-state index in [9.17, 15) is 9.59 Å². The Morgan fingerprint density at radius 1 is 1.22 bits per heavy atom. The molecule has 23 heavy (non-hydrogen) atoms. The van der Waals surface area contributed by atoms with Crippen LogP contribution in [0.2, 0.25) is 0 Å². The molecule has 122 valence electrons. The summed E-state index contributed by atoms with van der Waals surface area (Å²) in [5.74, 6) is -0.830. The molecule has 0 saturated carbocycles. The van der Waals surface area contributed by atoms with Crippen LogP contribution in [0.3, 0.4) is 0 Å². The average Bonchev–Trinajstić information content (AvgIpc) is 2.85. The lowest BCUT2D eigenvalue weighted by Gasteiger charge is -2.13. The molecule has 5 nitrogen and oxygen atoms in total. The molecule has 0 radical (unpaired) electrons. The van der Waals surface area contributed by atoms with Gasteiger partial charge in [-0.15, -0.1) is 11.3 Å². The lowest BCUT2D eigenvalue weighted by Crippen LogP contribution is -2.35. The number of hydrogen-bond acceptors (Lipinski definition) is 5. The monoisotopic (exact) mass is 332 g/mol. The molecule has 0 spiro atoms. The van der Waals surface area contributed by atoms with Gasteiger partial charge >= 0.3 is 5.97 Å². The predicted molar refractivity (Wildman–Crippen MR) is 89.5 cm³/mol. The molecule has 1 aromatic heterocycles. The van der Waals surface area contributed by atoms with Crippen LogP contribution in [0.25, 0.3) is 0 Å². The summed E-state index contributed by atoms with van der Waals surface area (Å²) in [4.78, 5) is 28.7. The number of hydrogen-bond donors (Lipinski definition) is 1. The van der Waals surface area contributed by atoms with Crippen molar-refractivity contribution in [2.75, 3.05) is 0 Å². The molecule has 0 saturated heterocycles. The van der Waals surface area contributed by atoms with Gasteiger partial charge in [-0.1, -0.05) is 29.8 Å². The average molecular weight is 332 g/mol. The standard InChI is InChI=1S/C17H20N2O3S/c1-10-5-7-14(8-6-10)9-18-16(20)12(3)22-17(21)15-11(2)19-13(4)23-15/h5-8,12H,9H2,1-4H3,(H,18,20)/t12-/m1/s1. The van der Waals surface area contributed by atoms with Gasteiger partial charge in [0, 0.05) is 6.54 Å².